The van der Waals surface area contributed by atoms with Crippen molar-refractivity contribution >= 4 is 27.3 Å². The summed E-state index contributed by atoms with van der Waals surface area (Å²) in [6, 6.07) is 10.8. The van der Waals surface area contributed by atoms with Crippen LogP contribution in [-0.4, -0.2) is 46.4 Å². The summed E-state index contributed by atoms with van der Waals surface area (Å²) in [5.74, 6) is 1.34. The Hall–Kier alpha value is -2.94. The Balaban J connectivity index is 1.85. The van der Waals surface area contributed by atoms with E-state index in [-0.39, 0.29) is 6.42 Å². The summed E-state index contributed by atoms with van der Waals surface area (Å²) >= 11 is 0. The standard InChI is InChI=1S/C21H26N2O6S/c1-4-18(21(24)22-15-6-11-19-20(14-15)29-13-12-28-19)23(30(3,25)26)16-7-9-17(10-8-16)27-5-2/h6-11,14,18H,4-5,12-13H2,1-3H3,(H,22,24)/t18-/m0/s1. The van der Waals surface area contributed by atoms with Crippen molar-refractivity contribution in [2.75, 3.05) is 35.7 Å². The second-order valence-electron chi connectivity index (χ2n) is 6.76. The minimum absolute atomic E-state index is 0.288. The summed E-state index contributed by atoms with van der Waals surface area (Å²) in [5.41, 5.74) is 0.896. The number of nitrogens with zero attached hydrogens (tertiary/aromatic N) is 1. The fraction of sp³-hybridized carbons (Fsp3) is 0.381. The molecule has 2 aromatic carbocycles. The largest absolute Gasteiger partial charge is 0.494 e. The van der Waals surface area contributed by atoms with Crippen LogP contribution in [0.2, 0.25) is 0 Å². The molecular formula is C21H26N2O6S. The average Bonchev–Trinajstić information content (AvgIpc) is 2.72. The first-order chi connectivity index (χ1) is 14.3. The maximum Gasteiger partial charge on any atom is 0.248 e. The zero-order chi connectivity index (χ0) is 21.7. The Bertz CT molecular complexity index is 991. The van der Waals surface area contributed by atoms with Gasteiger partial charge in [-0.25, -0.2) is 8.42 Å². The second kappa shape index (κ2) is 9.25. The van der Waals surface area contributed by atoms with Gasteiger partial charge in [0.05, 0.1) is 18.6 Å². The molecule has 2 aromatic rings. The minimum Gasteiger partial charge on any atom is -0.494 e. The number of carbonyl (C=O) groups is 1. The lowest BCUT2D eigenvalue weighted by Gasteiger charge is -2.30. The molecule has 30 heavy (non-hydrogen) atoms. The van der Waals surface area contributed by atoms with Gasteiger partial charge in [0.25, 0.3) is 0 Å². The Morgan fingerprint density at radius 1 is 1.10 bits per heavy atom. The average molecular weight is 435 g/mol. The second-order valence-corrected chi connectivity index (χ2v) is 8.62. The van der Waals surface area contributed by atoms with Crippen LogP contribution in [-0.2, 0) is 14.8 Å². The first-order valence-corrected chi connectivity index (χ1v) is 11.6. The predicted molar refractivity (Wildman–Crippen MR) is 115 cm³/mol. The van der Waals surface area contributed by atoms with E-state index in [4.69, 9.17) is 14.2 Å². The molecule has 1 atom stereocenters. The summed E-state index contributed by atoms with van der Waals surface area (Å²) < 4.78 is 42.7. The number of sulfonamides is 1. The van der Waals surface area contributed by atoms with Gasteiger partial charge in [-0.3, -0.25) is 9.10 Å². The first-order valence-electron chi connectivity index (χ1n) is 9.76. The van der Waals surface area contributed by atoms with Crippen molar-refractivity contribution in [1.29, 1.82) is 0 Å². The van der Waals surface area contributed by atoms with Crippen LogP contribution in [0.5, 0.6) is 17.2 Å². The molecule has 0 unspecified atom stereocenters. The maximum absolute atomic E-state index is 13.0. The molecule has 1 N–H and O–H groups in total. The topological polar surface area (TPSA) is 94.2 Å². The SMILES string of the molecule is CCOc1ccc(N([C@@H](CC)C(=O)Nc2ccc3c(c2)OCCO3)S(C)(=O)=O)cc1. The molecule has 1 aliphatic heterocycles. The summed E-state index contributed by atoms with van der Waals surface area (Å²) in [6.45, 7) is 5.04. The van der Waals surface area contributed by atoms with Crippen molar-refractivity contribution in [1.82, 2.24) is 0 Å². The number of hydrogen-bond donors (Lipinski definition) is 1. The van der Waals surface area contributed by atoms with Gasteiger partial charge in [-0.2, -0.15) is 0 Å². The van der Waals surface area contributed by atoms with Crippen molar-refractivity contribution in [2.45, 2.75) is 26.3 Å². The van der Waals surface area contributed by atoms with Crippen LogP contribution in [0.25, 0.3) is 0 Å². The lowest BCUT2D eigenvalue weighted by molar-refractivity contribution is -0.117. The summed E-state index contributed by atoms with van der Waals surface area (Å²) in [6.07, 6.45) is 1.38. The highest BCUT2D eigenvalue weighted by molar-refractivity contribution is 7.92. The summed E-state index contributed by atoms with van der Waals surface area (Å²) in [5, 5.41) is 2.79. The third kappa shape index (κ3) is 4.96. The summed E-state index contributed by atoms with van der Waals surface area (Å²) in [7, 11) is -3.72. The molecule has 8 nitrogen and oxygen atoms in total. The van der Waals surface area contributed by atoms with Gasteiger partial charge in [0.1, 0.15) is 25.0 Å². The molecule has 0 radical (unpaired) electrons. The van der Waals surface area contributed by atoms with Gasteiger partial charge in [0, 0.05) is 11.8 Å². The van der Waals surface area contributed by atoms with Gasteiger partial charge in [0.15, 0.2) is 11.5 Å². The van der Waals surface area contributed by atoms with Crippen LogP contribution in [0.1, 0.15) is 20.3 Å². The molecule has 9 heteroatoms. The fourth-order valence-electron chi connectivity index (χ4n) is 3.26. The number of rotatable bonds is 8. The zero-order valence-corrected chi connectivity index (χ0v) is 18.1. The third-order valence-electron chi connectivity index (χ3n) is 4.54. The lowest BCUT2D eigenvalue weighted by atomic mass is 10.1. The van der Waals surface area contributed by atoms with E-state index in [1.54, 1.807) is 49.4 Å². The number of ether oxygens (including phenoxy) is 3. The van der Waals surface area contributed by atoms with E-state index in [0.29, 0.717) is 48.4 Å². The first kappa shape index (κ1) is 21.8. The van der Waals surface area contributed by atoms with Crippen LogP contribution >= 0.6 is 0 Å². The lowest BCUT2D eigenvalue weighted by Crippen LogP contribution is -2.47. The molecule has 0 aromatic heterocycles. The molecule has 1 aliphatic rings. The normalized spacial score (nSPS) is 14.0. The van der Waals surface area contributed by atoms with Crippen molar-refractivity contribution in [2.24, 2.45) is 0 Å². The van der Waals surface area contributed by atoms with Crippen LogP contribution < -0.4 is 23.8 Å². The van der Waals surface area contributed by atoms with Crippen LogP contribution in [0, 0.1) is 0 Å². The molecule has 3 rings (SSSR count). The molecule has 1 heterocycles. The number of benzene rings is 2. The molecule has 0 saturated heterocycles. The van der Waals surface area contributed by atoms with Crippen molar-refractivity contribution in [3.63, 3.8) is 0 Å². The Labute approximate surface area is 176 Å². The third-order valence-corrected chi connectivity index (χ3v) is 5.72. The molecule has 162 valence electrons. The quantitative estimate of drug-likeness (QED) is 0.686. The van der Waals surface area contributed by atoms with E-state index in [1.807, 2.05) is 6.92 Å². The molecule has 0 aliphatic carbocycles. The number of fused-ring (bicyclic) bond motifs is 1. The monoisotopic (exact) mass is 434 g/mol. The highest BCUT2D eigenvalue weighted by atomic mass is 32.2. The molecular weight excluding hydrogens is 408 g/mol. The number of hydrogen-bond acceptors (Lipinski definition) is 6. The number of nitrogens with one attached hydrogen (secondary N) is 1. The smallest absolute Gasteiger partial charge is 0.248 e. The van der Waals surface area contributed by atoms with Crippen molar-refractivity contribution in [3.8, 4) is 17.2 Å². The van der Waals surface area contributed by atoms with Gasteiger partial charge in [-0.1, -0.05) is 6.92 Å². The van der Waals surface area contributed by atoms with Crippen molar-refractivity contribution < 1.29 is 27.4 Å². The molecule has 0 spiro atoms. The predicted octanol–water partition coefficient (Wildman–Crippen LogP) is 3.04. The highest BCUT2D eigenvalue weighted by Gasteiger charge is 2.31. The van der Waals surface area contributed by atoms with Gasteiger partial charge in [-0.05, 0) is 49.7 Å². The minimum atomic E-state index is -3.72. The van der Waals surface area contributed by atoms with Gasteiger partial charge >= 0.3 is 0 Å². The zero-order valence-electron chi connectivity index (χ0n) is 17.3. The molecule has 0 fully saturated rings. The number of amides is 1. The summed E-state index contributed by atoms with van der Waals surface area (Å²) in [4.78, 5) is 13.0. The molecule has 0 saturated carbocycles. The van der Waals surface area contributed by atoms with Crippen LogP contribution in [0.15, 0.2) is 42.5 Å². The van der Waals surface area contributed by atoms with E-state index in [9.17, 15) is 13.2 Å². The Kier molecular flexibility index (Phi) is 6.71. The Morgan fingerprint density at radius 3 is 2.37 bits per heavy atom. The fourth-order valence-corrected chi connectivity index (χ4v) is 4.47. The van der Waals surface area contributed by atoms with Crippen LogP contribution in [0.4, 0.5) is 11.4 Å². The Morgan fingerprint density at radius 2 is 1.77 bits per heavy atom. The maximum atomic E-state index is 13.0. The van der Waals surface area contributed by atoms with E-state index < -0.39 is 22.0 Å². The number of anilines is 2. The van der Waals surface area contributed by atoms with E-state index >= 15 is 0 Å². The van der Waals surface area contributed by atoms with Gasteiger partial charge in [-0.15, -0.1) is 0 Å². The molecule has 0 bridgehead atoms. The van der Waals surface area contributed by atoms with E-state index in [2.05, 4.69) is 5.32 Å². The van der Waals surface area contributed by atoms with Crippen molar-refractivity contribution in [3.05, 3.63) is 42.5 Å². The van der Waals surface area contributed by atoms with E-state index in [1.165, 1.54) is 0 Å². The van der Waals surface area contributed by atoms with Gasteiger partial charge < -0.3 is 19.5 Å². The molecule has 1 amide bonds. The van der Waals surface area contributed by atoms with E-state index in [0.717, 1.165) is 10.6 Å². The number of carbonyl (C=O) groups excluding carboxylic acids is 1. The van der Waals surface area contributed by atoms with Gasteiger partial charge in [0.2, 0.25) is 15.9 Å². The van der Waals surface area contributed by atoms with Crippen LogP contribution in [0.3, 0.4) is 0 Å². The highest BCUT2D eigenvalue weighted by Crippen LogP contribution is 2.33.